The normalized spacial score (nSPS) is 16.1. The van der Waals surface area contributed by atoms with E-state index in [0.717, 1.165) is 40.6 Å². The van der Waals surface area contributed by atoms with E-state index in [1.165, 1.54) is 0 Å². The Morgan fingerprint density at radius 1 is 1.08 bits per heavy atom. The zero-order valence-corrected chi connectivity index (χ0v) is 14.3. The van der Waals surface area contributed by atoms with Gasteiger partial charge in [0.05, 0.1) is 12.1 Å². The summed E-state index contributed by atoms with van der Waals surface area (Å²) in [6.45, 7) is 1.03. The van der Waals surface area contributed by atoms with Gasteiger partial charge in [0.25, 0.3) is 5.91 Å². The average Bonchev–Trinajstić information content (AvgIpc) is 2.69. The molecule has 26 heavy (non-hydrogen) atoms. The number of hydrogen-bond donors (Lipinski definition) is 1. The molecule has 0 saturated heterocycles. The third-order valence-corrected chi connectivity index (χ3v) is 4.34. The Hall–Kier alpha value is -3.21. The Morgan fingerprint density at radius 3 is 2.96 bits per heavy atom. The first kappa shape index (κ1) is 16.3. The van der Waals surface area contributed by atoms with Crippen LogP contribution in [0.5, 0.6) is 5.75 Å². The van der Waals surface area contributed by atoms with Crippen LogP contribution in [-0.4, -0.2) is 22.5 Å². The predicted molar refractivity (Wildman–Crippen MR) is 101 cm³/mol. The molecule has 0 unspecified atom stereocenters. The van der Waals surface area contributed by atoms with Crippen molar-refractivity contribution in [2.45, 2.75) is 19.4 Å². The lowest BCUT2D eigenvalue weighted by Gasteiger charge is -2.12. The number of nitrogens with one attached hydrogen (secondary N) is 1. The van der Waals surface area contributed by atoms with Gasteiger partial charge < -0.3 is 10.1 Å². The van der Waals surface area contributed by atoms with Crippen molar-refractivity contribution < 1.29 is 9.53 Å². The molecule has 0 saturated carbocycles. The maximum atomic E-state index is 12.6. The van der Waals surface area contributed by atoms with Gasteiger partial charge in [-0.2, -0.15) is 0 Å². The van der Waals surface area contributed by atoms with E-state index in [4.69, 9.17) is 4.74 Å². The first-order valence-electron chi connectivity index (χ1n) is 8.71. The Labute approximate surface area is 151 Å². The average molecular weight is 345 g/mol. The quantitative estimate of drug-likeness (QED) is 0.674. The lowest BCUT2D eigenvalue weighted by Crippen LogP contribution is -2.24. The Morgan fingerprint density at radius 2 is 2.00 bits per heavy atom. The molecule has 2 aromatic heterocycles. The van der Waals surface area contributed by atoms with Crippen molar-refractivity contribution in [2.75, 3.05) is 6.61 Å². The number of ether oxygens (including phenoxy) is 1. The molecule has 5 nitrogen and oxygen atoms in total. The summed E-state index contributed by atoms with van der Waals surface area (Å²) in [5.41, 5.74) is 3.05. The van der Waals surface area contributed by atoms with Gasteiger partial charge in [-0.15, -0.1) is 0 Å². The second-order valence-electron chi connectivity index (χ2n) is 6.18. The molecule has 130 valence electrons. The Kier molecular flexibility index (Phi) is 4.60. The number of carbonyl (C=O) groups excluding carboxylic acids is 1. The van der Waals surface area contributed by atoms with E-state index in [9.17, 15) is 4.79 Å². The van der Waals surface area contributed by atoms with Crippen LogP contribution in [0.4, 0.5) is 0 Å². The second-order valence-corrected chi connectivity index (χ2v) is 6.18. The second kappa shape index (κ2) is 7.35. The summed E-state index contributed by atoms with van der Waals surface area (Å²) in [5, 5.41) is 3.85. The minimum absolute atomic E-state index is 0.205. The minimum atomic E-state index is -0.205. The monoisotopic (exact) mass is 345 g/mol. The van der Waals surface area contributed by atoms with Crippen LogP contribution in [0.1, 0.15) is 34.5 Å². The van der Waals surface area contributed by atoms with Crippen molar-refractivity contribution in [3.63, 3.8) is 0 Å². The largest absolute Gasteiger partial charge is 0.493 e. The highest BCUT2D eigenvalue weighted by molar-refractivity contribution is 5.96. The number of hydrogen-bond acceptors (Lipinski definition) is 4. The standard InChI is InChI=1S/C21H19N3O2/c25-21-18-10-9-17-13-22-12-16(20(17)24-18)7-2-1-5-11-26-19-8-4-3-6-15(19)14-23-21/h2-4,6-10,12-13H,1,5,11,14H2,(H,23,25)/b7-2-. The molecule has 3 heterocycles. The number of carbonyl (C=O) groups is 1. The van der Waals surface area contributed by atoms with Gasteiger partial charge in [-0.3, -0.25) is 9.78 Å². The molecule has 5 heteroatoms. The highest BCUT2D eigenvalue weighted by atomic mass is 16.5. The van der Waals surface area contributed by atoms with Crippen molar-refractivity contribution in [1.29, 1.82) is 0 Å². The van der Waals surface area contributed by atoms with E-state index in [1.54, 1.807) is 18.5 Å². The zero-order chi connectivity index (χ0) is 17.8. The summed E-state index contributed by atoms with van der Waals surface area (Å²) in [7, 11) is 0. The maximum absolute atomic E-state index is 12.6. The van der Waals surface area contributed by atoms with E-state index in [0.29, 0.717) is 18.8 Å². The number of nitrogens with zero attached hydrogens (tertiary/aromatic N) is 2. The van der Waals surface area contributed by atoms with E-state index in [-0.39, 0.29) is 5.91 Å². The van der Waals surface area contributed by atoms with Crippen LogP contribution in [0, 0.1) is 0 Å². The molecule has 1 aliphatic rings. The number of allylic oxidation sites excluding steroid dienone is 1. The number of aromatic nitrogens is 2. The number of benzene rings is 1. The first-order chi connectivity index (χ1) is 12.8. The summed E-state index contributed by atoms with van der Waals surface area (Å²) in [6.07, 6.45) is 9.46. The van der Waals surface area contributed by atoms with E-state index >= 15 is 0 Å². The predicted octanol–water partition coefficient (Wildman–Crippen LogP) is 3.75. The van der Waals surface area contributed by atoms with Crippen molar-refractivity contribution in [2.24, 2.45) is 0 Å². The van der Waals surface area contributed by atoms with Gasteiger partial charge in [0.2, 0.25) is 0 Å². The third kappa shape index (κ3) is 3.42. The van der Waals surface area contributed by atoms with Gasteiger partial charge in [-0.05, 0) is 31.0 Å². The van der Waals surface area contributed by atoms with Gasteiger partial charge in [-0.1, -0.05) is 30.4 Å². The molecule has 1 amide bonds. The van der Waals surface area contributed by atoms with E-state index in [2.05, 4.69) is 21.4 Å². The fraction of sp³-hybridized carbons (Fsp3) is 0.190. The number of amides is 1. The first-order valence-corrected chi connectivity index (χ1v) is 8.71. The molecule has 1 N–H and O–H groups in total. The number of rotatable bonds is 0. The lowest BCUT2D eigenvalue weighted by molar-refractivity contribution is 0.0946. The van der Waals surface area contributed by atoms with Crippen LogP contribution in [0.2, 0.25) is 0 Å². The fourth-order valence-electron chi connectivity index (χ4n) is 2.96. The molecule has 3 aromatic rings. The molecule has 1 aliphatic heterocycles. The summed E-state index contributed by atoms with van der Waals surface area (Å²) in [5.74, 6) is 0.603. The molecule has 2 bridgehead atoms. The van der Waals surface area contributed by atoms with Crippen LogP contribution in [-0.2, 0) is 6.54 Å². The molecular formula is C21H19N3O2. The summed E-state index contributed by atoms with van der Waals surface area (Å²) in [4.78, 5) is 21.4. The number of para-hydroxylation sites is 1. The van der Waals surface area contributed by atoms with Crippen LogP contribution < -0.4 is 10.1 Å². The summed E-state index contributed by atoms with van der Waals surface area (Å²) < 4.78 is 5.89. The zero-order valence-electron chi connectivity index (χ0n) is 14.3. The van der Waals surface area contributed by atoms with Crippen molar-refractivity contribution >= 4 is 22.9 Å². The van der Waals surface area contributed by atoms with Crippen LogP contribution >= 0.6 is 0 Å². The molecule has 0 spiro atoms. The van der Waals surface area contributed by atoms with E-state index in [1.807, 2.05) is 36.4 Å². The smallest absolute Gasteiger partial charge is 0.270 e. The number of fused-ring (bicyclic) bond motifs is 2. The Balaban J connectivity index is 1.72. The summed E-state index contributed by atoms with van der Waals surface area (Å²) in [6, 6.07) is 11.4. The molecule has 0 atom stereocenters. The van der Waals surface area contributed by atoms with Gasteiger partial charge in [0.1, 0.15) is 11.4 Å². The van der Waals surface area contributed by atoms with Gasteiger partial charge in [0.15, 0.2) is 0 Å². The molecule has 0 fully saturated rings. The molecule has 0 radical (unpaired) electrons. The fourth-order valence-corrected chi connectivity index (χ4v) is 2.96. The number of pyridine rings is 2. The van der Waals surface area contributed by atoms with Crippen molar-refractivity contribution in [3.8, 4) is 5.75 Å². The van der Waals surface area contributed by atoms with Crippen LogP contribution in [0.15, 0.2) is 54.9 Å². The molecular weight excluding hydrogens is 326 g/mol. The van der Waals surface area contributed by atoms with Gasteiger partial charge >= 0.3 is 0 Å². The van der Waals surface area contributed by atoms with E-state index < -0.39 is 0 Å². The van der Waals surface area contributed by atoms with Crippen molar-refractivity contribution in [1.82, 2.24) is 15.3 Å². The van der Waals surface area contributed by atoms with Gasteiger partial charge in [0, 0.05) is 35.5 Å². The third-order valence-electron chi connectivity index (χ3n) is 4.34. The maximum Gasteiger partial charge on any atom is 0.270 e. The molecule has 4 rings (SSSR count). The molecule has 1 aromatic carbocycles. The molecule has 0 aliphatic carbocycles. The lowest BCUT2D eigenvalue weighted by atomic mass is 10.1. The topological polar surface area (TPSA) is 64.1 Å². The minimum Gasteiger partial charge on any atom is -0.493 e. The van der Waals surface area contributed by atoms with Crippen LogP contribution in [0.25, 0.3) is 17.0 Å². The van der Waals surface area contributed by atoms with Crippen LogP contribution in [0.3, 0.4) is 0 Å². The summed E-state index contributed by atoms with van der Waals surface area (Å²) >= 11 is 0. The Bertz CT molecular complexity index is 982. The van der Waals surface area contributed by atoms with Gasteiger partial charge in [-0.25, -0.2) is 4.98 Å². The van der Waals surface area contributed by atoms with Crippen molar-refractivity contribution in [3.05, 3.63) is 71.7 Å². The highest BCUT2D eigenvalue weighted by Crippen LogP contribution is 2.20. The SMILES string of the molecule is O=C1NCc2ccccc2OCCC/C=C\c2cncc3ccc1nc23. The highest BCUT2D eigenvalue weighted by Gasteiger charge is 2.11.